The first-order valence-electron chi connectivity index (χ1n) is 14.7. The maximum absolute atomic E-state index is 13.4. The maximum atomic E-state index is 13.4. The van der Waals surface area contributed by atoms with Crippen LogP contribution in [0.25, 0.3) is 0 Å². The number of fused-ring (bicyclic) bond motifs is 6. The number of aliphatic hydroxyl groups is 1. The number of esters is 4. The van der Waals surface area contributed by atoms with Crippen molar-refractivity contribution in [3.05, 3.63) is 0 Å². The molecular formula is C30H44O8. The van der Waals surface area contributed by atoms with E-state index < -0.39 is 29.4 Å². The first-order chi connectivity index (χ1) is 17.9. The van der Waals surface area contributed by atoms with Crippen LogP contribution in [0.2, 0.25) is 0 Å². The number of aliphatic hydroxyl groups excluding tert-OH is 1. The molecule has 0 aromatic heterocycles. The molecule has 0 aromatic rings. The van der Waals surface area contributed by atoms with Crippen LogP contribution in [-0.4, -0.2) is 47.8 Å². The van der Waals surface area contributed by atoms with Gasteiger partial charge >= 0.3 is 23.9 Å². The van der Waals surface area contributed by atoms with Gasteiger partial charge in [-0.05, 0) is 107 Å². The fourth-order valence-electron chi connectivity index (χ4n) is 9.50. The number of hydrogen-bond donors (Lipinski definition) is 1. The summed E-state index contributed by atoms with van der Waals surface area (Å²) in [6, 6.07) is 0. The van der Waals surface area contributed by atoms with Gasteiger partial charge in [0.05, 0.1) is 30.3 Å². The van der Waals surface area contributed by atoms with Crippen molar-refractivity contribution in [2.24, 2.45) is 71.0 Å². The molecule has 0 radical (unpaired) electrons. The Bertz CT molecular complexity index is 966. The molecule has 8 heteroatoms. The summed E-state index contributed by atoms with van der Waals surface area (Å²) < 4.78 is 16.5. The Kier molecular flexibility index (Phi) is 7.42. The van der Waals surface area contributed by atoms with Crippen LogP contribution in [-0.2, 0) is 33.4 Å². The van der Waals surface area contributed by atoms with Gasteiger partial charge in [-0.3, -0.25) is 19.2 Å². The van der Waals surface area contributed by atoms with Crippen molar-refractivity contribution in [1.29, 1.82) is 0 Å². The molecule has 38 heavy (non-hydrogen) atoms. The molecule has 8 nitrogen and oxygen atoms in total. The Balaban J connectivity index is 1.41. The summed E-state index contributed by atoms with van der Waals surface area (Å²) in [5.74, 6) is -2.25. The fraction of sp³-hybridized carbons (Fsp3) is 0.867. The van der Waals surface area contributed by atoms with Gasteiger partial charge in [-0.25, -0.2) is 0 Å². The lowest BCUT2D eigenvalue weighted by Gasteiger charge is -2.55. The number of rotatable bonds is 6. The third-order valence-corrected chi connectivity index (χ3v) is 10.9. The fourth-order valence-corrected chi connectivity index (χ4v) is 9.50. The van der Waals surface area contributed by atoms with E-state index in [2.05, 4.69) is 13.8 Å². The first kappa shape index (κ1) is 27.6. The van der Waals surface area contributed by atoms with Gasteiger partial charge in [0.25, 0.3) is 0 Å². The van der Waals surface area contributed by atoms with E-state index in [1.54, 1.807) is 0 Å². The van der Waals surface area contributed by atoms with Crippen LogP contribution in [0.3, 0.4) is 0 Å². The molecule has 12 unspecified atom stereocenters. The third-order valence-electron chi connectivity index (χ3n) is 10.9. The van der Waals surface area contributed by atoms with Gasteiger partial charge in [0.15, 0.2) is 0 Å². The molecule has 4 bridgehead atoms. The predicted octanol–water partition coefficient (Wildman–Crippen LogP) is 3.78. The molecule has 7 fully saturated rings. The van der Waals surface area contributed by atoms with Crippen LogP contribution in [0.5, 0.6) is 0 Å². The van der Waals surface area contributed by atoms with Crippen LogP contribution >= 0.6 is 0 Å². The van der Waals surface area contributed by atoms with E-state index >= 15 is 0 Å². The highest BCUT2D eigenvalue weighted by Gasteiger charge is 2.63. The van der Waals surface area contributed by atoms with Gasteiger partial charge in [0.1, 0.15) is 12.2 Å². The molecule has 6 aliphatic carbocycles. The molecule has 212 valence electrons. The number of carbonyl (C=O) groups is 4. The summed E-state index contributed by atoms with van der Waals surface area (Å²) in [7, 11) is 0. The summed E-state index contributed by atoms with van der Waals surface area (Å²) in [5.41, 5.74) is -0.547. The Morgan fingerprint density at radius 2 is 1.42 bits per heavy atom. The van der Waals surface area contributed by atoms with Crippen LogP contribution < -0.4 is 0 Å². The second-order valence-electron chi connectivity index (χ2n) is 13.8. The molecule has 1 saturated heterocycles. The average Bonchev–Trinajstić information content (AvgIpc) is 3.15. The lowest BCUT2D eigenvalue weighted by molar-refractivity contribution is -0.174. The first-order valence-corrected chi connectivity index (χ1v) is 14.7. The van der Waals surface area contributed by atoms with Crippen molar-refractivity contribution >= 4 is 23.9 Å². The van der Waals surface area contributed by atoms with E-state index in [-0.39, 0.29) is 84.3 Å². The molecule has 7 rings (SSSR count). The predicted molar refractivity (Wildman–Crippen MR) is 136 cm³/mol. The topological polar surface area (TPSA) is 116 Å². The normalized spacial score (nSPS) is 44.2. The van der Waals surface area contributed by atoms with Crippen molar-refractivity contribution < 1.29 is 38.5 Å². The summed E-state index contributed by atoms with van der Waals surface area (Å²) in [4.78, 5) is 52.8. The molecule has 0 spiro atoms. The SMILES string of the molecule is CC1C2CCC(CC2C(=O)OC(C)(C)C)C1C1C(=O)OC(=O)C1C1C(C)C2CCC1C(C(=O)OCCO)C2. The molecular weight excluding hydrogens is 488 g/mol. The Labute approximate surface area is 225 Å². The standard InChI is InChI=1S/C30H44O8/c1-14-16-6-9-19(21(12-16)26(32)36-11-10-31)23(14)25-24(28(34)37-29(25)35)22-15(2)18-8-7-17(22)13-20(18)27(33)38-30(3,4)5/h14-25,31H,6-13H2,1-5H3. The summed E-state index contributed by atoms with van der Waals surface area (Å²) in [6.07, 6.45) is 5.11. The van der Waals surface area contributed by atoms with E-state index in [1.165, 1.54) is 0 Å². The smallest absolute Gasteiger partial charge is 0.317 e. The lowest BCUT2D eigenvalue weighted by atomic mass is 9.47. The Hall–Kier alpha value is -1.96. The van der Waals surface area contributed by atoms with Gasteiger partial charge in [-0.1, -0.05) is 13.8 Å². The third kappa shape index (κ3) is 4.69. The van der Waals surface area contributed by atoms with Crippen molar-refractivity contribution in [3.63, 3.8) is 0 Å². The van der Waals surface area contributed by atoms with E-state index in [1.807, 2.05) is 20.8 Å². The second kappa shape index (κ2) is 10.2. The van der Waals surface area contributed by atoms with Gasteiger partial charge < -0.3 is 19.3 Å². The van der Waals surface area contributed by atoms with Crippen LogP contribution in [0.1, 0.15) is 73.1 Å². The zero-order valence-electron chi connectivity index (χ0n) is 23.4. The Morgan fingerprint density at radius 3 is 2.05 bits per heavy atom. The van der Waals surface area contributed by atoms with Crippen molar-refractivity contribution in [2.75, 3.05) is 13.2 Å². The zero-order valence-corrected chi connectivity index (χ0v) is 23.4. The van der Waals surface area contributed by atoms with E-state index in [9.17, 15) is 19.2 Å². The maximum Gasteiger partial charge on any atom is 0.317 e. The number of hydrogen-bond acceptors (Lipinski definition) is 8. The minimum absolute atomic E-state index is 0.0242. The van der Waals surface area contributed by atoms with Crippen molar-refractivity contribution in [1.82, 2.24) is 0 Å². The molecule has 1 aliphatic heterocycles. The summed E-state index contributed by atoms with van der Waals surface area (Å²) in [6.45, 7) is 9.71. The number of cyclic esters (lactones) is 2. The molecule has 1 heterocycles. The molecule has 0 amide bonds. The van der Waals surface area contributed by atoms with E-state index in [4.69, 9.17) is 19.3 Å². The van der Waals surface area contributed by atoms with Crippen molar-refractivity contribution in [3.8, 4) is 0 Å². The highest BCUT2D eigenvalue weighted by molar-refractivity contribution is 5.97. The molecule has 12 atom stereocenters. The summed E-state index contributed by atoms with van der Waals surface area (Å²) >= 11 is 0. The quantitative estimate of drug-likeness (QED) is 0.312. The second-order valence-corrected chi connectivity index (χ2v) is 13.8. The van der Waals surface area contributed by atoms with Crippen LogP contribution in [0, 0.1) is 71.0 Å². The zero-order chi connectivity index (χ0) is 27.5. The van der Waals surface area contributed by atoms with Crippen molar-refractivity contribution in [2.45, 2.75) is 78.7 Å². The molecule has 6 saturated carbocycles. The van der Waals surface area contributed by atoms with E-state index in [0.29, 0.717) is 6.42 Å². The number of ether oxygens (including phenoxy) is 3. The van der Waals surface area contributed by atoms with Crippen LogP contribution in [0.4, 0.5) is 0 Å². The van der Waals surface area contributed by atoms with Crippen LogP contribution in [0.15, 0.2) is 0 Å². The minimum Gasteiger partial charge on any atom is -0.463 e. The van der Waals surface area contributed by atoms with Gasteiger partial charge in [-0.2, -0.15) is 0 Å². The minimum atomic E-state index is -0.564. The van der Waals surface area contributed by atoms with Gasteiger partial charge in [0.2, 0.25) is 0 Å². The average molecular weight is 533 g/mol. The molecule has 7 aliphatic rings. The van der Waals surface area contributed by atoms with Gasteiger partial charge in [-0.15, -0.1) is 0 Å². The largest absolute Gasteiger partial charge is 0.463 e. The highest BCUT2D eigenvalue weighted by atomic mass is 16.6. The molecule has 0 aromatic carbocycles. The summed E-state index contributed by atoms with van der Waals surface area (Å²) in [5, 5.41) is 9.13. The highest BCUT2D eigenvalue weighted by Crippen LogP contribution is 2.61. The monoisotopic (exact) mass is 532 g/mol. The molecule has 1 N–H and O–H groups in total. The number of carbonyl (C=O) groups excluding carboxylic acids is 4. The lowest BCUT2D eigenvalue weighted by Crippen LogP contribution is -2.55. The van der Waals surface area contributed by atoms with Gasteiger partial charge in [0, 0.05) is 0 Å². The van der Waals surface area contributed by atoms with E-state index in [0.717, 1.165) is 32.1 Å². The Morgan fingerprint density at radius 1 is 0.842 bits per heavy atom.